The average Bonchev–Trinajstić information content (AvgIpc) is 3.00. The summed E-state index contributed by atoms with van der Waals surface area (Å²) in [4.78, 5) is 30.0. The highest BCUT2D eigenvalue weighted by Crippen LogP contribution is 2.33. The van der Waals surface area contributed by atoms with Crippen molar-refractivity contribution in [2.24, 2.45) is 4.99 Å². The Balaban J connectivity index is 1.82. The average molecular weight is 484 g/mol. The number of rotatable bonds is 9. The molecule has 2 N–H and O–H groups in total. The standard InChI is InChI=1S/C25H29N3O5S/c1-5-22(25(30)27-16-11-18(31-3)15-19(12-16)32-4)34-23-13-17(14-24(29)33-6-2)26-20-9-7-8-10-21(20)28-23/h7-13,15,22,26H,5-6,14H2,1-4H3,(H,27,30)/t22-/m1/s1. The van der Waals surface area contributed by atoms with Crippen molar-refractivity contribution >= 4 is 45.7 Å². The van der Waals surface area contributed by atoms with Gasteiger partial charge in [0.05, 0.1) is 48.9 Å². The van der Waals surface area contributed by atoms with Gasteiger partial charge in [0.25, 0.3) is 0 Å². The molecule has 0 aliphatic carbocycles. The highest BCUT2D eigenvalue weighted by atomic mass is 32.2. The van der Waals surface area contributed by atoms with Crippen LogP contribution in [0.5, 0.6) is 11.5 Å². The van der Waals surface area contributed by atoms with Gasteiger partial charge in [0.15, 0.2) is 0 Å². The Kier molecular flexibility index (Phi) is 8.98. The number of carbonyl (C=O) groups excluding carboxylic acids is 2. The smallest absolute Gasteiger partial charge is 0.311 e. The summed E-state index contributed by atoms with van der Waals surface area (Å²) in [5.41, 5.74) is 2.75. The van der Waals surface area contributed by atoms with Crippen molar-refractivity contribution in [2.45, 2.75) is 31.9 Å². The Morgan fingerprint density at radius 3 is 2.44 bits per heavy atom. The number of anilines is 2. The molecule has 1 amide bonds. The van der Waals surface area contributed by atoms with Gasteiger partial charge in [0.2, 0.25) is 5.91 Å². The Bertz CT molecular complexity index is 1080. The van der Waals surface area contributed by atoms with Gasteiger partial charge in [0, 0.05) is 29.6 Å². The zero-order chi connectivity index (χ0) is 24.5. The van der Waals surface area contributed by atoms with Crippen molar-refractivity contribution in [2.75, 3.05) is 31.5 Å². The monoisotopic (exact) mass is 483 g/mol. The van der Waals surface area contributed by atoms with Crippen molar-refractivity contribution in [3.8, 4) is 11.5 Å². The van der Waals surface area contributed by atoms with Crippen LogP contribution in [0.25, 0.3) is 0 Å². The molecule has 0 unspecified atom stereocenters. The first-order chi connectivity index (χ1) is 16.4. The third-order valence-electron chi connectivity index (χ3n) is 4.91. The summed E-state index contributed by atoms with van der Waals surface area (Å²) in [7, 11) is 3.11. The number of ether oxygens (including phenoxy) is 3. The van der Waals surface area contributed by atoms with Crippen molar-refractivity contribution < 1.29 is 23.8 Å². The molecule has 9 heteroatoms. The van der Waals surface area contributed by atoms with E-state index < -0.39 is 5.25 Å². The number of aliphatic imine (C=N–C) groups is 1. The molecule has 3 rings (SSSR count). The van der Waals surface area contributed by atoms with E-state index in [4.69, 9.17) is 19.2 Å². The van der Waals surface area contributed by atoms with E-state index in [9.17, 15) is 9.59 Å². The van der Waals surface area contributed by atoms with Crippen LogP contribution < -0.4 is 20.1 Å². The molecule has 0 aromatic heterocycles. The van der Waals surface area contributed by atoms with Crippen LogP contribution in [0, 0.1) is 0 Å². The van der Waals surface area contributed by atoms with Crippen LogP contribution in [0.1, 0.15) is 26.7 Å². The van der Waals surface area contributed by atoms with E-state index in [1.54, 1.807) is 45.4 Å². The zero-order valence-corrected chi connectivity index (χ0v) is 20.5. The molecule has 0 radical (unpaired) electrons. The van der Waals surface area contributed by atoms with E-state index in [0.717, 1.165) is 11.4 Å². The van der Waals surface area contributed by atoms with Crippen molar-refractivity contribution in [1.29, 1.82) is 0 Å². The van der Waals surface area contributed by atoms with Gasteiger partial charge < -0.3 is 24.8 Å². The Morgan fingerprint density at radius 1 is 1.09 bits per heavy atom. The molecule has 0 saturated heterocycles. The minimum absolute atomic E-state index is 0.0777. The lowest BCUT2D eigenvalue weighted by Crippen LogP contribution is -2.25. The van der Waals surface area contributed by atoms with Gasteiger partial charge in [0.1, 0.15) is 11.5 Å². The molecular formula is C25H29N3O5S. The summed E-state index contributed by atoms with van der Waals surface area (Å²) in [5, 5.41) is 6.42. The third kappa shape index (κ3) is 6.77. The van der Waals surface area contributed by atoms with Gasteiger partial charge >= 0.3 is 5.97 Å². The summed E-state index contributed by atoms with van der Waals surface area (Å²) in [6, 6.07) is 12.8. The number of para-hydroxylation sites is 2. The fraction of sp³-hybridized carbons (Fsp3) is 0.320. The van der Waals surface area contributed by atoms with Crippen molar-refractivity contribution in [1.82, 2.24) is 0 Å². The molecule has 1 heterocycles. The first kappa shape index (κ1) is 25.2. The maximum absolute atomic E-state index is 13.1. The maximum Gasteiger partial charge on any atom is 0.311 e. The summed E-state index contributed by atoms with van der Waals surface area (Å²) in [5.74, 6) is 0.661. The molecule has 2 aromatic carbocycles. The molecule has 0 fully saturated rings. The fourth-order valence-corrected chi connectivity index (χ4v) is 4.26. The number of methoxy groups -OCH3 is 2. The second-order valence-electron chi connectivity index (χ2n) is 7.35. The third-order valence-corrected chi connectivity index (χ3v) is 6.20. The number of thioether (sulfide) groups is 1. The molecule has 0 spiro atoms. The molecule has 1 aliphatic heterocycles. The lowest BCUT2D eigenvalue weighted by molar-refractivity contribution is -0.142. The van der Waals surface area contributed by atoms with Crippen molar-refractivity contribution in [3.05, 3.63) is 54.2 Å². The minimum Gasteiger partial charge on any atom is -0.497 e. The molecule has 0 saturated carbocycles. The fourth-order valence-electron chi connectivity index (χ4n) is 3.28. The highest BCUT2D eigenvalue weighted by molar-refractivity contribution is 8.15. The largest absolute Gasteiger partial charge is 0.497 e. The summed E-state index contributed by atoms with van der Waals surface area (Å²) < 4.78 is 15.7. The number of nitrogens with one attached hydrogen (secondary N) is 2. The number of hydrogen-bond donors (Lipinski definition) is 2. The molecule has 8 nitrogen and oxygen atoms in total. The van der Waals surface area contributed by atoms with Crippen LogP contribution in [0.2, 0.25) is 0 Å². The molecule has 34 heavy (non-hydrogen) atoms. The first-order valence-electron chi connectivity index (χ1n) is 11.0. The number of fused-ring (bicyclic) bond motifs is 1. The second kappa shape index (κ2) is 12.1. The van der Waals surface area contributed by atoms with E-state index >= 15 is 0 Å². The molecule has 2 aromatic rings. The van der Waals surface area contributed by atoms with Crippen LogP contribution in [-0.4, -0.2) is 43.0 Å². The van der Waals surface area contributed by atoms with Gasteiger partial charge in [-0.3, -0.25) is 9.59 Å². The van der Waals surface area contributed by atoms with Crippen LogP contribution in [0.15, 0.2) is 59.2 Å². The van der Waals surface area contributed by atoms with Crippen LogP contribution in [0.4, 0.5) is 17.1 Å². The first-order valence-corrected chi connectivity index (χ1v) is 11.8. The summed E-state index contributed by atoms with van der Waals surface area (Å²) >= 11 is 1.34. The molecule has 1 atom stereocenters. The summed E-state index contributed by atoms with van der Waals surface area (Å²) in [6.07, 6.45) is 2.45. The van der Waals surface area contributed by atoms with Gasteiger partial charge in [-0.05, 0) is 31.6 Å². The minimum atomic E-state index is -0.415. The number of hydrogen-bond acceptors (Lipinski definition) is 8. The Morgan fingerprint density at radius 2 is 1.79 bits per heavy atom. The number of esters is 1. The predicted molar refractivity (Wildman–Crippen MR) is 136 cm³/mol. The second-order valence-corrected chi connectivity index (χ2v) is 8.57. The lowest BCUT2D eigenvalue weighted by Gasteiger charge is -2.16. The molecule has 1 aliphatic rings. The van der Waals surface area contributed by atoms with Crippen LogP contribution in [-0.2, 0) is 14.3 Å². The SMILES string of the molecule is CCOC(=O)CC1=CC(S[C@H](CC)C(=O)Nc2cc(OC)cc(OC)c2)=Nc2ccccc2N1. The van der Waals surface area contributed by atoms with E-state index in [2.05, 4.69) is 10.6 Å². The maximum atomic E-state index is 13.1. The van der Waals surface area contributed by atoms with E-state index in [0.29, 0.717) is 41.0 Å². The molecular weight excluding hydrogens is 454 g/mol. The Labute approximate surface area is 203 Å². The van der Waals surface area contributed by atoms with E-state index in [1.807, 2.05) is 31.2 Å². The quantitative estimate of drug-likeness (QED) is 0.476. The summed E-state index contributed by atoms with van der Waals surface area (Å²) in [6.45, 7) is 4.02. The predicted octanol–water partition coefficient (Wildman–Crippen LogP) is 5.15. The Hall–Kier alpha value is -3.46. The lowest BCUT2D eigenvalue weighted by atomic mass is 10.2. The normalized spacial score (nSPS) is 13.3. The number of benzene rings is 2. The number of amides is 1. The van der Waals surface area contributed by atoms with E-state index in [-0.39, 0.29) is 18.3 Å². The van der Waals surface area contributed by atoms with Gasteiger partial charge in [-0.15, -0.1) is 0 Å². The highest BCUT2D eigenvalue weighted by Gasteiger charge is 2.22. The van der Waals surface area contributed by atoms with Crippen LogP contribution >= 0.6 is 11.8 Å². The number of nitrogens with zero attached hydrogens (tertiary/aromatic N) is 1. The van der Waals surface area contributed by atoms with Crippen molar-refractivity contribution in [3.63, 3.8) is 0 Å². The van der Waals surface area contributed by atoms with E-state index in [1.165, 1.54) is 11.8 Å². The molecule has 180 valence electrons. The topological polar surface area (TPSA) is 98.3 Å². The van der Waals surface area contributed by atoms with Gasteiger partial charge in [-0.25, -0.2) is 4.99 Å². The van der Waals surface area contributed by atoms with Crippen LogP contribution in [0.3, 0.4) is 0 Å². The van der Waals surface area contributed by atoms with Gasteiger partial charge in [-0.1, -0.05) is 30.8 Å². The number of carbonyl (C=O) groups is 2. The van der Waals surface area contributed by atoms with Gasteiger partial charge in [-0.2, -0.15) is 0 Å². The zero-order valence-electron chi connectivity index (χ0n) is 19.7. The molecule has 0 bridgehead atoms.